The van der Waals surface area contributed by atoms with E-state index >= 15 is 0 Å². The molecule has 2 saturated heterocycles. The quantitative estimate of drug-likeness (QED) is 0.657. The van der Waals surface area contributed by atoms with Gasteiger partial charge in [0.1, 0.15) is 6.04 Å². The van der Waals surface area contributed by atoms with Crippen molar-refractivity contribution in [2.75, 3.05) is 19.6 Å². The molecule has 6 heteroatoms. The molecule has 0 radical (unpaired) electrons. The Labute approximate surface area is 101 Å². The molecule has 2 amide bonds. The minimum Gasteiger partial charge on any atom is -0.344 e. The zero-order valence-corrected chi connectivity index (χ0v) is 10.2. The summed E-state index contributed by atoms with van der Waals surface area (Å²) < 4.78 is 0. The molecular formula is C10H18ClN3O2. The second kappa shape index (κ2) is 5.50. The minimum atomic E-state index is -0.280. The fraction of sp³-hybridized carbons (Fsp3) is 0.800. The summed E-state index contributed by atoms with van der Waals surface area (Å²) in [6.45, 7) is 4.45. The number of nitrogens with one attached hydrogen (secondary N) is 2. The molecule has 16 heavy (non-hydrogen) atoms. The van der Waals surface area contributed by atoms with Crippen LogP contribution in [0.15, 0.2) is 0 Å². The zero-order valence-electron chi connectivity index (χ0n) is 9.36. The van der Waals surface area contributed by atoms with Crippen molar-refractivity contribution < 1.29 is 9.59 Å². The Morgan fingerprint density at radius 1 is 1.50 bits per heavy atom. The van der Waals surface area contributed by atoms with E-state index < -0.39 is 0 Å². The minimum absolute atomic E-state index is 0. The first kappa shape index (κ1) is 13.3. The third kappa shape index (κ3) is 2.65. The molecule has 0 aromatic carbocycles. The van der Waals surface area contributed by atoms with E-state index in [9.17, 15) is 9.59 Å². The molecule has 2 heterocycles. The highest BCUT2D eigenvalue weighted by Gasteiger charge is 2.33. The van der Waals surface area contributed by atoms with E-state index in [-0.39, 0.29) is 36.3 Å². The van der Waals surface area contributed by atoms with Crippen molar-refractivity contribution in [3.8, 4) is 0 Å². The first-order valence-electron chi connectivity index (χ1n) is 5.49. The fourth-order valence-corrected chi connectivity index (χ4v) is 2.17. The van der Waals surface area contributed by atoms with Crippen LogP contribution in [0.25, 0.3) is 0 Å². The molecule has 0 bridgehead atoms. The van der Waals surface area contributed by atoms with Crippen molar-refractivity contribution in [2.24, 2.45) is 0 Å². The van der Waals surface area contributed by atoms with Gasteiger partial charge in [0, 0.05) is 32.1 Å². The van der Waals surface area contributed by atoms with Gasteiger partial charge in [0.05, 0.1) is 0 Å². The molecule has 0 aliphatic carbocycles. The van der Waals surface area contributed by atoms with Gasteiger partial charge in [-0.1, -0.05) is 0 Å². The number of carbonyl (C=O) groups excluding carboxylic acids is 2. The summed E-state index contributed by atoms with van der Waals surface area (Å²) in [5.41, 5.74) is 0. The molecule has 92 valence electrons. The highest BCUT2D eigenvalue weighted by Crippen LogP contribution is 2.12. The Hall–Kier alpha value is -0.810. The summed E-state index contributed by atoms with van der Waals surface area (Å²) in [6.07, 6.45) is 1.13. The van der Waals surface area contributed by atoms with Crippen LogP contribution in [0.4, 0.5) is 0 Å². The lowest BCUT2D eigenvalue weighted by Gasteiger charge is -2.35. The average molecular weight is 248 g/mol. The van der Waals surface area contributed by atoms with Crippen molar-refractivity contribution in [3.05, 3.63) is 0 Å². The van der Waals surface area contributed by atoms with E-state index in [1.54, 1.807) is 0 Å². The van der Waals surface area contributed by atoms with Crippen molar-refractivity contribution in [3.63, 3.8) is 0 Å². The van der Waals surface area contributed by atoms with E-state index in [1.165, 1.54) is 0 Å². The smallest absolute Gasteiger partial charge is 0.245 e. The lowest BCUT2D eigenvalue weighted by molar-refractivity contribution is -0.137. The molecule has 2 N–H and O–H groups in total. The van der Waals surface area contributed by atoms with Crippen molar-refractivity contribution in [1.82, 2.24) is 15.5 Å². The van der Waals surface area contributed by atoms with Gasteiger partial charge in [-0.15, -0.1) is 12.4 Å². The number of hydrogen-bond donors (Lipinski definition) is 2. The molecule has 5 nitrogen and oxygen atoms in total. The molecule has 0 saturated carbocycles. The van der Waals surface area contributed by atoms with Crippen LogP contribution in [-0.2, 0) is 9.59 Å². The summed E-state index contributed by atoms with van der Waals surface area (Å²) in [4.78, 5) is 24.9. The van der Waals surface area contributed by atoms with Gasteiger partial charge >= 0.3 is 0 Å². The van der Waals surface area contributed by atoms with Gasteiger partial charge in [-0.2, -0.15) is 0 Å². The molecule has 1 unspecified atom stereocenters. The average Bonchev–Trinajstić information content (AvgIpc) is 2.65. The molecule has 2 atom stereocenters. The number of amides is 2. The Balaban J connectivity index is 0.00000128. The predicted molar refractivity (Wildman–Crippen MR) is 62.5 cm³/mol. The zero-order chi connectivity index (χ0) is 10.8. The number of hydrogen-bond acceptors (Lipinski definition) is 3. The Morgan fingerprint density at radius 2 is 2.25 bits per heavy atom. The molecule has 2 aliphatic rings. The molecule has 0 spiro atoms. The normalized spacial score (nSPS) is 29.6. The van der Waals surface area contributed by atoms with Gasteiger partial charge in [0.2, 0.25) is 11.8 Å². The fourth-order valence-electron chi connectivity index (χ4n) is 2.17. The van der Waals surface area contributed by atoms with Crippen LogP contribution >= 0.6 is 12.4 Å². The third-order valence-corrected chi connectivity index (χ3v) is 3.08. The van der Waals surface area contributed by atoms with E-state index in [0.29, 0.717) is 12.8 Å². The van der Waals surface area contributed by atoms with Crippen LogP contribution in [-0.4, -0.2) is 48.4 Å². The van der Waals surface area contributed by atoms with E-state index in [0.717, 1.165) is 19.6 Å². The maximum atomic E-state index is 12.0. The van der Waals surface area contributed by atoms with Crippen LogP contribution in [0, 0.1) is 0 Å². The topological polar surface area (TPSA) is 61.4 Å². The van der Waals surface area contributed by atoms with Crippen LogP contribution in [0.1, 0.15) is 19.8 Å². The third-order valence-electron chi connectivity index (χ3n) is 3.08. The second-order valence-electron chi connectivity index (χ2n) is 4.24. The van der Waals surface area contributed by atoms with Gasteiger partial charge in [0.25, 0.3) is 0 Å². The maximum absolute atomic E-state index is 12.0. The highest BCUT2D eigenvalue weighted by molar-refractivity contribution is 5.91. The number of nitrogens with zero attached hydrogens (tertiary/aromatic N) is 1. The van der Waals surface area contributed by atoms with E-state index in [2.05, 4.69) is 10.6 Å². The first-order valence-corrected chi connectivity index (χ1v) is 5.49. The lowest BCUT2D eigenvalue weighted by atomic mass is 10.1. The van der Waals surface area contributed by atoms with Crippen LogP contribution < -0.4 is 10.6 Å². The van der Waals surface area contributed by atoms with E-state index in [1.807, 2.05) is 11.8 Å². The monoisotopic (exact) mass is 247 g/mol. The molecule has 2 aliphatic heterocycles. The van der Waals surface area contributed by atoms with Gasteiger partial charge < -0.3 is 15.5 Å². The second-order valence-corrected chi connectivity index (χ2v) is 4.24. The van der Waals surface area contributed by atoms with Crippen molar-refractivity contribution in [2.45, 2.75) is 31.8 Å². The predicted octanol–water partition coefficient (Wildman–Crippen LogP) is -0.493. The maximum Gasteiger partial charge on any atom is 0.245 e. The molecule has 2 fully saturated rings. The first-order chi connectivity index (χ1) is 7.18. The van der Waals surface area contributed by atoms with Gasteiger partial charge in [-0.05, 0) is 13.3 Å². The van der Waals surface area contributed by atoms with Gasteiger partial charge in [-0.25, -0.2) is 0 Å². The Morgan fingerprint density at radius 3 is 2.81 bits per heavy atom. The number of piperazine rings is 1. The molecule has 0 aromatic rings. The van der Waals surface area contributed by atoms with Gasteiger partial charge in [0.15, 0.2) is 0 Å². The van der Waals surface area contributed by atoms with Crippen LogP contribution in [0.3, 0.4) is 0 Å². The van der Waals surface area contributed by atoms with Crippen LogP contribution in [0.2, 0.25) is 0 Å². The summed E-state index contributed by atoms with van der Waals surface area (Å²) in [5, 5.41) is 5.96. The Bertz CT molecular complexity index is 285. The molecular weight excluding hydrogens is 230 g/mol. The largest absolute Gasteiger partial charge is 0.344 e. The van der Waals surface area contributed by atoms with Crippen LogP contribution in [0.5, 0.6) is 0 Å². The summed E-state index contributed by atoms with van der Waals surface area (Å²) in [6, 6.07) is -0.0539. The standard InChI is InChI=1S/C10H17N3O2.ClH/c1-7-6-11-4-5-13(7)10(15)8-2-3-9(14)12-8;/h7-8,11H,2-6H2,1H3,(H,12,14);1H/t7-,8?;/m0./s1. The number of halogens is 1. The van der Waals surface area contributed by atoms with E-state index in [4.69, 9.17) is 0 Å². The Kier molecular flexibility index (Phi) is 4.56. The summed E-state index contributed by atoms with van der Waals surface area (Å²) >= 11 is 0. The molecule has 0 aromatic heterocycles. The van der Waals surface area contributed by atoms with Crippen molar-refractivity contribution >= 4 is 24.2 Å². The SMILES string of the molecule is C[C@H]1CNCCN1C(=O)C1CCC(=O)N1.Cl. The number of carbonyl (C=O) groups is 2. The summed E-state index contributed by atoms with van der Waals surface area (Å²) in [5.74, 6) is 0.0750. The molecule has 2 rings (SSSR count). The van der Waals surface area contributed by atoms with Crippen molar-refractivity contribution in [1.29, 1.82) is 0 Å². The lowest BCUT2D eigenvalue weighted by Crippen LogP contribution is -2.56. The highest BCUT2D eigenvalue weighted by atomic mass is 35.5. The summed E-state index contributed by atoms with van der Waals surface area (Å²) in [7, 11) is 0. The van der Waals surface area contributed by atoms with Gasteiger partial charge in [-0.3, -0.25) is 9.59 Å². The number of rotatable bonds is 1.